The molecule has 0 spiro atoms. The summed E-state index contributed by atoms with van der Waals surface area (Å²) in [6.07, 6.45) is 0. The minimum absolute atomic E-state index is 0.00549. The number of esters is 2. The molecular formula is C20H22ClN2O5+. The van der Waals surface area contributed by atoms with Crippen molar-refractivity contribution >= 4 is 35.1 Å². The van der Waals surface area contributed by atoms with Crippen LogP contribution in [0.25, 0.3) is 0 Å². The lowest BCUT2D eigenvalue weighted by Crippen LogP contribution is -2.86. The Morgan fingerprint density at radius 2 is 1.79 bits per heavy atom. The van der Waals surface area contributed by atoms with Crippen LogP contribution in [0.1, 0.15) is 39.2 Å². The first-order chi connectivity index (χ1) is 13.3. The van der Waals surface area contributed by atoms with E-state index in [4.69, 9.17) is 16.3 Å². The highest BCUT2D eigenvalue weighted by atomic mass is 35.5. The number of nitrogens with two attached hydrogens (primary N) is 1. The van der Waals surface area contributed by atoms with Crippen molar-refractivity contribution in [2.24, 2.45) is 0 Å². The Kier molecular flexibility index (Phi) is 7.54. The van der Waals surface area contributed by atoms with Crippen molar-refractivity contribution < 1.29 is 29.2 Å². The topological polar surface area (TPSA) is 98.3 Å². The minimum atomic E-state index is -0.622. The third-order valence-corrected chi connectivity index (χ3v) is 4.39. The van der Waals surface area contributed by atoms with Gasteiger partial charge in [-0.05, 0) is 37.3 Å². The van der Waals surface area contributed by atoms with Crippen LogP contribution < -0.4 is 10.6 Å². The third-order valence-electron chi connectivity index (χ3n) is 4.15. The molecule has 3 N–H and O–H groups in total. The smallest absolute Gasteiger partial charge is 0.339 e. The molecule has 8 heteroatoms. The lowest BCUT2D eigenvalue weighted by Gasteiger charge is -2.13. The molecule has 0 aliphatic rings. The monoisotopic (exact) mass is 405 g/mol. The first-order valence-electron chi connectivity index (χ1n) is 8.55. The Morgan fingerprint density at radius 3 is 2.43 bits per heavy atom. The Hall–Kier alpha value is -2.90. The minimum Gasteiger partial charge on any atom is -0.465 e. The predicted molar refractivity (Wildman–Crippen MR) is 104 cm³/mol. The average Bonchev–Trinajstić information content (AvgIpc) is 2.70. The first-order valence-corrected chi connectivity index (χ1v) is 8.92. The van der Waals surface area contributed by atoms with E-state index in [2.05, 4.69) is 10.1 Å². The van der Waals surface area contributed by atoms with Crippen molar-refractivity contribution in [1.29, 1.82) is 0 Å². The lowest BCUT2D eigenvalue weighted by atomic mass is 10.1. The van der Waals surface area contributed by atoms with Crippen LogP contribution in [0.5, 0.6) is 0 Å². The normalized spacial score (nSPS) is 11.4. The lowest BCUT2D eigenvalue weighted by molar-refractivity contribution is -0.682. The van der Waals surface area contributed by atoms with Crippen LogP contribution in [0.4, 0.5) is 5.69 Å². The van der Waals surface area contributed by atoms with Gasteiger partial charge in [0.05, 0.1) is 31.0 Å². The molecule has 2 aromatic carbocycles. The molecule has 0 bridgehead atoms. The Bertz CT molecular complexity index is 885. The molecule has 0 aromatic heterocycles. The second-order valence-corrected chi connectivity index (χ2v) is 6.51. The average molecular weight is 406 g/mol. The summed E-state index contributed by atoms with van der Waals surface area (Å²) in [7, 11) is 2.49. The van der Waals surface area contributed by atoms with Gasteiger partial charge < -0.3 is 20.1 Å². The number of anilines is 1. The van der Waals surface area contributed by atoms with E-state index in [0.717, 1.165) is 5.56 Å². The summed E-state index contributed by atoms with van der Waals surface area (Å²) in [6, 6.07) is 11.6. The van der Waals surface area contributed by atoms with E-state index < -0.39 is 11.9 Å². The summed E-state index contributed by atoms with van der Waals surface area (Å²) in [6.45, 7) is 2.06. The second-order valence-electron chi connectivity index (χ2n) is 6.08. The van der Waals surface area contributed by atoms with Gasteiger partial charge in [0.15, 0.2) is 6.54 Å². The van der Waals surface area contributed by atoms with Gasteiger partial charge in [-0.2, -0.15) is 0 Å². The van der Waals surface area contributed by atoms with E-state index in [1.165, 1.54) is 32.4 Å². The number of hydrogen-bond acceptors (Lipinski definition) is 5. The van der Waals surface area contributed by atoms with Gasteiger partial charge in [0.2, 0.25) is 0 Å². The van der Waals surface area contributed by atoms with Crippen LogP contribution >= 0.6 is 11.6 Å². The van der Waals surface area contributed by atoms with E-state index >= 15 is 0 Å². The predicted octanol–water partition coefficient (Wildman–Crippen LogP) is 2.18. The largest absolute Gasteiger partial charge is 0.465 e. The van der Waals surface area contributed by atoms with Gasteiger partial charge in [-0.1, -0.05) is 23.7 Å². The van der Waals surface area contributed by atoms with Crippen molar-refractivity contribution in [1.82, 2.24) is 0 Å². The molecule has 0 saturated heterocycles. The summed E-state index contributed by atoms with van der Waals surface area (Å²) in [5.74, 6) is -1.53. The number of methoxy groups -OCH3 is 2. The number of nitrogens with one attached hydrogen (secondary N) is 1. The number of halogens is 1. The molecule has 0 heterocycles. The van der Waals surface area contributed by atoms with Crippen molar-refractivity contribution in [2.75, 3.05) is 26.1 Å². The van der Waals surface area contributed by atoms with Crippen molar-refractivity contribution in [3.63, 3.8) is 0 Å². The number of carbonyl (C=O) groups excluding carboxylic acids is 3. The van der Waals surface area contributed by atoms with Crippen molar-refractivity contribution in [2.45, 2.75) is 13.0 Å². The summed E-state index contributed by atoms with van der Waals surface area (Å²) >= 11 is 6.00. The zero-order valence-electron chi connectivity index (χ0n) is 15.8. The Balaban J connectivity index is 2.10. The van der Waals surface area contributed by atoms with Gasteiger partial charge in [0, 0.05) is 10.6 Å². The van der Waals surface area contributed by atoms with Crippen LogP contribution in [0.15, 0.2) is 42.5 Å². The third kappa shape index (κ3) is 5.55. The highest BCUT2D eigenvalue weighted by Crippen LogP contribution is 2.20. The first kappa shape index (κ1) is 21.4. The summed E-state index contributed by atoms with van der Waals surface area (Å²) < 4.78 is 9.40. The van der Waals surface area contributed by atoms with E-state index in [-0.39, 0.29) is 35.3 Å². The zero-order valence-corrected chi connectivity index (χ0v) is 16.6. The van der Waals surface area contributed by atoms with Gasteiger partial charge in [-0.25, -0.2) is 9.59 Å². The summed E-state index contributed by atoms with van der Waals surface area (Å²) in [5.41, 5.74) is 1.53. The van der Waals surface area contributed by atoms with Crippen LogP contribution in [0.3, 0.4) is 0 Å². The van der Waals surface area contributed by atoms with Crippen LogP contribution in [-0.2, 0) is 14.3 Å². The molecule has 2 aromatic rings. The summed E-state index contributed by atoms with van der Waals surface area (Å²) in [4.78, 5) is 36.1. The fraction of sp³-hybridized carbons (Fsp3) is 0.250. The standard InChI is InChI=1S/C20H21ClN2O5/c1-12(13-5-4-6-15(21)9-13)22-11-18(24)23-17-10-14(19(25)27-2)7-8-16(17)20(26)28-3/h4-10,12,22H,11H2,1-3H3,(H,23,24)/p+1/t12-/m0/s1. The molecule has 7 nitrogen and oxygen atoms in total. The van der Waals surface area contributed by atoms with E-state index in [1.54, 1.807) is 6.07 Å². The molecule has 0 radical (unpaired) electrons. The zero-order chi connectivity index (χ0) is 20.7. The van der Waals surface area contributed by atoms with E-state index in [9.17, 15) is 14.4 Å². The number of benzene rings is 2. The van der Waals surface area contributed by atoms with Crippen molar-refractivity contribution in [3.8, 4) is 0 Å². The molecule has 2 rings (SSSR count). The van der Waals surface area contributed by atoms with Gasteiger partial charge in [0.1, 0.15) is 6.04 Å². The molecule has 0 fully saturated rings. The highest BCUT2D eigenvalue weighted by molar-refractivity contribution is 6.30. The maximum atomic E-state index is 12.4. The number of hydrogen-bond donors (Lipinski definition) is 2. The molecule has 0 unspecified atom stereocenters. The number of rotatable bonds is 7. The number of carbonyl (C=O) groups is 3. The van der Waals surface area contributed by atoms with E-state index in [1.807, 2.05) is 30.4 Å². The molecule has 28 heavy (non-hydrogen) atoms. The van der Waals surface area contributed by atoms with Crippen LogP contribution in [-0.4, -0.2) is 38.6 Å². The van der Waals surface area contributed by atoms with Crippen LogP contribution in [0.2, 0.25) is 5.02 Å². The SMILES string of the molecule is COC(=O)c1ccc(C(=O)OC)c(NC(=O)C[NH2+][C@@H](C)c2cccc(Cl)c2)c1. The van der Waals surface area contributed by atoms with Gasteiger partial charge in [0.25, 0.3) is 5.91 Å². The second kappa shape index (κ2) is 9.87. The number of ether oxygens (including phenoxy) is 2. The molecule has 1 atom stereocenters. The Morgan fingerprint density at radius 1 is 1.07 bits per heavy atom. The fourth-order valence-electron chi connectivity index (χ4n) is 2.59. The summed E-state index contributed by atoms with van der Waals surface area (Å²) in [5, 5.41) is 5.12. The van der Waals surface area contributed by atoms with Gasteiger partial charge in [-0.15, -0.1) is 0 Å². The number of quaternary nitrogens is 1. The maximum absolute atomic E-state index is 12.4. The molecular weight excluding hydrogens is 384 g/mol. The van der Waals surface area contributed by atoms with Crippen LogP contribution in [0, 0.1) is 0 Å². The molecule has 1 amide bonds. The molecule has 0 aliphatic carbocycles. The van der Waals surface area contributed by atoms with E-state index in [0.29, 0.717) is 5.02 Å². The van der Waals surface area contributed by atoms with Crippen molar-refractivity contribution in [3.05, 3.63) is 64.2 Å². The molecule has 148 valence electrons. The quantitative estimate of drug-likeness (QED) is 0.688. The van der Waals surface area contributed by atoms with Gasteiger partial charge >= 0.3 is 11.9 Å². The fourth-order valence-corrected chi connectivity index (χ4v) is 2.79. The Labute approximate surface area is 168 Å². The van der Waals surface area contributed by atoms with Gasteiger partial charge in [-0.3, -0.25) is 4.79 Å². The maximum Gasteiger partial charge on any atom is 0.339 e. The molecule has 0 aliphatic heterocycles. The molecule has 0 saturated carbocycles. The highest BCUT2D eigenvalue weighted by Gasteiger charge is 2.18. The number of amides is 1.